The van der Waals surface area contributed by atoms with E-state index in [0.717, 1.165) is 39.1 Å². The molecule has 134 valence electrons. The second kappa shape index (κ2) is 7.44. The van der Waals surface area contributed by atoms with E-state index >= 15 is 0 Å². The van der Waals surface area contributed by atoms with Crippen molar-refractivity contribution in [1.82, 2.24) is 10.3 Å². The number of aromatic nitrogens is 1. The van der Waals surface area contributed by atoms with Crippen molar-refractivity contribution in [2.75, 3.05) is 7.11 Å². The topological polar surface area (TPSA) is 64.4 Å². The molecule has 1 amide bonds. The van der Waals surface area contributed by atoms with Gasteiger partial charge in [-0.3, -0.25) is 9.78 Å². The SMILES string of the molecule is COc1cc2oc(C)c(C)c2cc1/C(C)=C/C(=O)NCc1ccccn1. The quantitative estimate of drug-likeness (QED) is 0.701. The van der Waals surface area contributed by atoms with Gasteiger partial charge < -0.3 is 14.5 Å². The van der Waals surface area contributed by atoms with Crippen molar-refractivity contribution in [3.8, 4) is 5.75 Å². The number of benzene rings is 1. The number of methoxy groups -OCH3 is 1. The summed E-state index contributed by atoms with van der Waals surface area (Å²) >= 11 is 0. The molecule has 0 aliphatic carbocycles. The highest BCUT2D eigenvalue weighted by Gasteiger charge is 2.14. The number of furan rings is 1. The van der Waals surface area contributed by atoms with Gasteiger partial charge in [-0.25, -0.2) is 0 Å². The maximum absolute atomic E-state index is 12.3. The van der Waals surface area contributed by atoms with E-state index in [-0.39, 0.29) is 5.91 Å². The summed E-state index contributed by atoms with van der Waals surface area (Å²) in [5.41, 5.74) is 4.39. The lowest BCUT2D eigenvalue weighted by Crippen LogP contribution is -2.21. The highest BCUT2D eigenvalue weighted by atomic mass is 16.5. The van der Waals surface area contributed by atoms with Crippen molar-refractivity contribution in [2.45, 2.75) is 27.3 Å². The zero-order chi connectivity index (χ0) is 18.7. The van der Waals surface area contributed by atoms with E-state index in [9.17, 15) is 4.79 Å². The number of nitrogens with one attached hydrogen (secondary N) is 1. The van der Waals surface area contributed by atoms with Gasteiger partial charge in [0.1, 0.15) is 17.1 Å². The molecule has 0 radical (unpaired) electrons. The first kappa shape index (κ1) is 17.7. The zero-order valence-electron chi connectivity index (χ0n) is 15.4. The van der Waals surface area contributed by atoms with E-state index in [1.807, 2.05) is 51.1 Å². The minimum absolute atomic E-state index is 0.171. The van der Waals surface area contributed by atoms with Gasteiger partial charge in [0.25, 0.3) is 0 Å². The van der Waals surface area contributed by atoms with Gasteiger partial charge in [0.05, 0.1) is 19.3 Å². The first-order valence-corrected chi connectivity index (χ1v) is 8.43. The summed E-state index contributed by atoms with van der Waals surface area (Å²) < 4.78 is 11.3. The van der Waals surface area contributed by atoms with Crippen LogP contribution in [0.25, 0.3) is 16.5 Å². The van der Waals surface area contributed by atoms with Crippen LogP contribution in [0, 0.1) is 13.8 Å². The van der Waals surface area contributed by atoms with Crippen LogP contribution in [0.15, 0.2) is 47.0 Å². The molecule has 0 fully saturated rings. The largest absolute Gasteiger partial charge is 0.496 e. The number of rotatable bonds is 5. The number of carbonyl (C=O) groups is 1. The number of ether oxygens (including phenoxy) is 1. The molecule has 0 aliphatic heterocycles. The van der Waals surface area contributed by atoms with Crippen molar-refractivity contribution >= 4 is 22.4 Å². The maximum Gasteiger partial charge on any atom is 0.244 e. The summed E-state index contributed by atoms with van der Waals surface area (Å²) in [5, 5.41) is 3.88. The average Bonchev–Trinajstić information content (AvgIpc) is 2.93. The molecular formula is C21H22N2O3. The molecule has 0 saturated heterocycles. The molecule has 5 nitrogen and oxygen atoms in total. The highest BCUT2D eigenvalue weighted by molar-refractivity contribution is 5.97. The predicted octanol–water partition coefficient (Wildman–Crippen LogP) is 4.17. The molecule has 2 heterocycles. The summed E-state index contributed by atoms with van der Waals surface area (Å²) in [5.74, 6) is 1.39. The van der Waals surface area contributed by atoms with Gasteiger partial charge in [0, 0.05) is 29.3 Å². The Labute approximate surface area is 152 Å². The van der Waals surface area contributed by atoms with Crippen molar-refractivity contribution in [2.24, 2.45) is 0 Å². The van der Waals surface area contributed by atoms with Crippen LogP contribution in [0.1, 0.15) is 29.5 Å². The molecule has 0 atom stereocenters. The molecule has 3 rings (SSSR count). The minimum atomic E-state index is -0.171. The Hall–Kier alpha value is -3.08. The second-order valence-corrected chi connectivity index (χ2v) is 6.20. The summed E-state index contributed by atoms with van der Waals surface area (Å²) in [6.07, 6.45) is 3.28. The molecule has 0 unspecified atom stereocenters. The molecule has 0 aliphatic rings. The average molecular weight is 350 g/mol. The Morgan fingerprint density at radius 1 is 1.31 bits per heavy atom. The van der Waals surface area contributed by atoms with E-state index in [1.54, 1.807) is 19.4 Å². The van der Waals surface area contributed by atoms with Crippen LogP contribution in [0.5, 0.6) is 5.75 Å². The van der Waals surface area contributed by atoms with Gasteiger partial charge in [-0.15, -0.1) is 0 Å². The Balaban J connectivity index is 1.85. The van der Waals surface area contributed by atoms with Crippen LogP contribution in [-0.4, -0.2) is 18.0 Å². The number of pyridine rings is 1. The lowest BCUT2D eigenvalue weighted by atomic mass is 10.0. The smallest absolute Gasteiger partial charge is 0.244 e. The monoisotopic (exact) mass is 350 g/mol. The van der Waals surface area contributed by atoms with Gasteiger partial charge in [0.2, 0.25) is 5.91 Å². The highest BCUT2D eigenvalue weighted by Crippen LogP contribution is 2.34. The minimum Gasteiger partial charge on any atom is -0.496 e. The molecule has 3 aromatic rings. The second-order valence-electron chi connectivity index (χ2n) is 6.20. The van der Waals surface area contributed by atoms with Crippen molar-refractivity contribution in [3.63, 3.8) is 0 Å². The molecule has 0 saturated carbocycles. The number of fused-ring (bicyclic) bond motifs is 1. The van der Waals surface area contributed by atoms with Crippen LogP contribution in [0.3, 0.4) is 0 Å². The third-order valence-electron chi connectivity index (χ3n) is 4.44. The number of hydrogen-bond donors (Lipinski definition) is 1. The van der Waals surface area contributed by atoms with Crippen LogP contribution < -0.4 is 10.1 Å². The zero-order valence-corrected chi connectivity index (χ0v) is 15.4. The van der Waals surface area contributed by atoms with E-state index in [4.69, 9.17) is 9.15 Å². The van der Waals surface area contributed by atoms with E-state index in [1.165, 1.54) is 0 Å². The van der Waals surface area contributed by atoms with Crippen molar-refractivity contribution in [1.29, 1.82) is 0 Å². The normalized spacial score (nSPS) is 11.6. The van der Waals surface area contributed by atoms with Crippen LogP contribution in [0.2, 0.25) is 0 Å². The van der Waals surface area contributed by atoms with Crippen LogP contribution in [0.4, 0.5) is 0 Å². The molecular weight excluding hydrogens is 328 g/mol. The molecule has 1 N–H and O–H groups in total. The number of aryl methyl sites for hydroxylation is 2. The van der Waals surface area contributed by atoms with Crippen LogP contribution >= 0.6 is 0 Å². The molecule has 2 aromatic heterocycles. The molecule has 0 bridgehead atoms. The first-order chi connectivity index (χ1) is 12.5. The summed E-state index contributed by atoms with van der Waals surface area (Å²) in [7, 11) is 1.61. The van der Waals surface area contributed by atoms with Gasteiger partial charge in [0.15, 0.2) is 0 Å². The van der Waals surface area contributed by atoms with Crippen LogP contribution in [-0.2, 0) is 11.3 Å². The van der Waals surface area contributed by atoms with Gasteiger partial charge in [-0.05, 0) is 50.1 Å². The molecule has 1 aromatic carbocycles. The summed E-state index contributed by atoms with van der Waals surface area (Å²) in [6, 6.07) is 9.49. The Bertz CT molecular complexity index is 972. The molecule has 0 spiro atoms. The Kier molecular flexibility index (Phi) is 5.07. The number of hydrogen-bond acceptors (Lipinski definition) is 4. The molecule has 5 heteroatoms. The fraction of sp³-hybridized carbons (Fsp3) is 0.238. The predicted molar refractivity (Wildman–Crippen MR) is 102 cm³/mol. The Morgan fingerprint density at radius 2 is 2.12 bits per heavy atom. The van der Waals surface area contributed by atoms with E-state index in [2.05, 4.69) is 10.3 Å². The van der Waals surface area contributed by atoms with Crippen molar-refractivity contribution in [3.05, 3.63) is 65.2 Å². The third kappa shape index (κ3) is 3.61. The van der Waals surface area contributed by atoms with E-state index in [0.29, 0.717) is 12.3 Å². The molecule has 26 heavy (non-hydrogen) atoms. The fourth-order valence-electron chi connectivity index (χ4n) is 2.85. The van der Waals surface area contributed by atoms with E-state index < -0.39 is 0 Å². The van der Waals surface area contributed by atoms with Gasteiger partial charge >= 0.3 is 0 Å². The first-order valence-electron chi connectivity index (χ1n) is 8.43. The van der Waals surface area contributed by atoms with Crippen molar-refractivity contribution < 1.29 is 13.9 Å². The lowest BCUT2D eigenvalue weighted by Gasteiger charge is -2.10. The Morgan fingerprint density at radius 3 is 2.81 bits per heavy atom. The standard InChI is InChI=1S/C21H22N2O3/c1-13(9-21(24)23-12-16-7-5-6-8-22-16)17-10-18-14(2)15(3)26-20(18)11-19(17)25-4/h5-11H,12H2,1-4H3,(H,23,24)/b13-9+. The van der Waals surface area contributed by atoms with Gasteiger partial charge in [-0.2, -0.15) is 0 Å². The summed E-state index contributed by atoms with van der Waals surface area (Å²) in [4.78, 5) is 16.5. The third-order valence-corrected chi connectivity index (χ3v) is 4.44. The maximum atomic E-state index is 12.3. The summed E-state index contributed by atoms with van der Waals surface area (Å²) in [6.45, 7) is 6.25. The van der Waals surface area contributed by atoms with Gasteiger partial charge in [-0.1, -0.05) is 6.07 Å². The fourth-order valence-corrected chi connectivity index (χ4v) is 2.85. The number of allylic oxidation sites excluding steroid dienone is 1. The lowest BCUT2D eigenvalue weighted by molar-refractivity contribution is -0.116. The number of carbonyl (C=O) groups excluding carboxylic acids is 1. The number of nitrogens with zero attached hydrogens (tertiary/aromatic N) is 1. The number of amides is 1.